The Morgan fingerprint density at radius 3 is 2.59 bits per heavy atom. The summed E-state index contributed by atoms with van der Waals surface area (Å²) in [5.74, 6) is 2.93. The average molecular weight is 412 g/mol. The van der Waals surface area contributed by atoms with Crippen LogP contribution in [0, 0.1) is 0 Å². The number of anilines is 1. The SMILES string of the molecule is COc1cc(CNc2ccc3c(c2)OCCO3)ccc1OCc1cccc(Cl)c1. The quantitative estimate of drug-likeness (QED) is 0.570. The maximum Gasteiger partial charge on any atom is 0.163 e. The first-order valence-corrected chi connectivity index (χ1v) is 9.77. The standard InChI is InChI=1S/C23H22ClNO4/c1-26-22-12-16(5-7-20(22)29-15-17-3-2-4-18(24)11-17)14-25-19-6-8-21-23(13-19)28-10-9-27-21/h2-8,11-13,25H,9-10,14-15H2,1H3. The van der Waals surface area contributed by atoms with Gasteiger partial charge in [-0.05, 0) is 47.5 Å². The molecule has 0 unspecified atom stereocenters. The molecule has 29 heavy (non-hydrogen) atoms. The molecule has 4 rings (SSSR count). The highest BCUT2D eigenvalue weighted by Crippen LogP contribution is 2.33. The van der Waals surface area contributed by atoms with Crippen LogP contribution in [0.25, 0.3) is 0 Å². The van der Waals surface area contributed by atoms with E-state index < -0.39 is 0 Å². The summed E-state index contributed by atoms with van der Waals surface area (Å²) >= 11 is 6.03. The molecule has 0 radical (unpaired) electrons. The molecule has 1 aliphatic rings. The molecule has 0 amide bonds. The monoisotopic (exact) mass is 411 g/mol. The minimum atomic E-state index is 0.422. The maximum absolute atomic E-state index is 6.03. The van der Waals surface area contributed by atoms with Crippen molar-refractivity contribution in [2.75, 3.05) is 25.6 Å². The summed E-state index contributed by atoms with van der Waals surface area (Å²) in [7, 11) is 1.64. The fraction of sp³-hybridized carbons (Fsp3) is 0.217. The number of ether oxygens (including phenoxy) is 4. The molecule has 3 aromatic carbocycles. The van der Waals surface area contributed by atoms with Crippen LogP contribution in [0.1, 0.15) is 11.1 Å². The molecule has 150 valence electrons. The molecule has 0 aliphatic carbocycles. The summed E-state index contributed by atoms with van der Waals surface area (Å²) in [5.41, 5.74) is 3.05. The summed E-state index contributed by atoms with van der Waals surface area (Å²) in [6.07, 6.45) is 0. The topological polar surface area (TPSA) is 49.0 Å². The molecule has 5 nitrogen and oxygen atoms in total. The Morgan fingerprint density at radius 1 is 0.897 bits per heavy atom. The smallest absolute Gasteiger partial charge is 0.163 e. The van der Waals surface area contributed by atoms with E-state index in [0.717, 1.165) is 28.3 Å². The number of fused-ring (bicyclic) bond motifs is 1. The van der Waals surface area contributed by atoms with Gasteiger partial charge in [-0.2, -0.15) is 0 Å². The van der Waals surface area contributed by atoms with Crippen molar-refractivity contribution in [3.05, 3.63) is 76.8 Å². The van der Waals surface area contributed by atoms with Gasteiger partial charge in [0, 0.05) is 23.3 Å². The summed E-state index contributed by atoms with van der Waals surface area (Å²) in [4.78, 5) is 0. The minimum absolute atomic E-state index is 0.422. The number of halogens is 1. The maximum atomic E-state index is 6.03. The predicted molar refractivity (Wildman–Crippen MR) is 114 cm³/mol. The Morgan fingerprint density at radius 2 is 1.76 bits per heavy atom. The summed E-state index contributed by atoms with van der Waals surface area (Å²) in [6, 6.07) is 19.4. The second-order valence-electron chi connectivity index (χ2n) is 6.62. The molecule has 0 spiro atoms. The van der Waals surface area contributed by atoms with Gasteiger partial charge < -0.3 is 24.3 Å². The first kappa shape index (κ1) is 19.3. The van der Waals surface area contributed by atoms with Gasteiger partial charge in [0.15, 0.2) is 23.0 Å². The molecule has 0 aromatic heterocycles. The van der Waals surface area contributed by atoms with E-state index in [1.807, 2.05) is 60.7 Å². The van der Waals surface area contributed by atoms with Crippen LogP contribution < -0.4 is 24.3 Å². The lowest BCUT2D eigenvalue weighted by Crippen LogP contribution is -2.15. The van der Waals surface area contributed by atoms with Crippen LogP contribution in [-0.4, -0.2) is 20.3 Å². The highest BCUT2D eigenvalue weighted by Gasteiger charge is 2.12. The second kappa shape index (κ2) is 8.97. The highest BCUT2D eigenvalue weighted by atomic mass is 35.5. The number of rotatable bonds is 7. The Bertz CT molecular complexity index is 992. The van der Waals surface area contributed by atoms with Crippen LogP contribution in [0.3, 0.4) is 0 Å². The van der Waals surface area contributed by atoms with E-state index >= 15 is 0 Å². The van der Waals surface area contributed by atoms with Crippen LogP contribution in [0.15, 0.2) is 60.7 Å². The first-order valence-electron chi connectivity index (χ1n) is 9.39. The Hall–Kier alpha value is -3.05. The number of nitrogens with one attached hydrogen (secondary N) is 1. The van der Waals surface area contributed by atoms with E-state index in [-0.39, 0.29) is 0 Å². The average Bonchev–Trinajstić information content (AvgIpc) is 2.76. The summed E-state index contributed by atoms with van der Waals surface area (Å²) < 4.78 is 22.6. The van der Waals surface area contributed by atoms with Crippen molar-refractivity contribution in [3.63, 3.8) is 0 Å². The number of methoxy groups -OCH3 is 1. The van der Waals surface area contributed by atoms with Crippen molar-refractivity contribution < 1.29 is 18.9 Å². The Balaban J connectivity index is 1.40. The molecule has 0 atom stereocenters. The fourth-order valence-electron chi connectivity index (χ4n) is 3.09. The molecule has 0 saturated heterocycles. The van der Waals surface area contributed by atoms with E-state index in [1.165, 1.54) is 0 Å². The second-order valence-corrected chi connectivity index (χ2v) is 7.05. The Labute approximate surface area is 175 Å². The largest absolute Gasteiger partial charge is 0.493 e. The van der Waals surface area contributed by atoms with E-state index in [2.05, 4.69) is 5.32 Å². The van der Waals surface area contributed by atoms with Crippen LogP contribution in [0.2, 0.25) is 5.02 Å². The molecule has 0 bridgehead atoms. The lowest BCUT2D eigenvalue weighted by Gasteiger charge is -2.19. The van der Waals surface area contributed by atoms with Crippen molar-refractivity contribution in [2.45, 2.75) is 13.2 Å². The molecular weight excluding hydrogens is 390 g/mol. The molecular formula is C23H22ClNO4. The van der Waals surface area contributed by atoms with Gasteiger partial charge in [0.1, 0.15) is 19.8 Å². The van der Waals surface area contributed by atoms with Crippen LogP contribution >= 0.6 is 11.6 Å². The molecule has 1 heterocycles. The van der Waals surface area contributed by atoms with E-state index in [9.17, 15) is 0 Å². The molecule has 0 saturated carbocycles. The third-order valence-corrected chi connectivity index (χ3v) is 4.79. The number of hydrogen-bond acceptors (Lipinski definition) is 5. The van der Waals surface area contributed by atoms with E-state index in [0.29, 0.717) is 42.9 Å². The van der Waals surface area contributed by atoms with Crippen LogP contribution in [0.5, 0.6) is 23.0 Å². The van der Waals surface area contributed by atoms with Gasteiger partial charge in [0.05, 0.1) is 7.11 Å². The van der Waals surface area contributed by atoms with Crippen LogP contribution in [-0.2, 0) is 13.2 Å². The number of hydrogen-bond donors (Lipinski definition) is 1. The van der Waals surface area contributed by atoms with Crippen molar-refractivity contribution in [1.82, 2.24) is 0 Å². The van der Waals surface area contributed by atoms with Gasteiger partial charge in [-0.15, -0.1) is 0 Å². The lowest BCUT2D eigenvalue weighted by molar-refractivity contribution is 0.171. The van der Waals surface area contributed by atoms with Crippen molar-refractivity contribution in [1.29, 1.82) is 0 Å². The molecule has 1 aliphatic heterocycles. The van der Waals surface area contributed by atoms with Gasteiger partial charge in [-0.3, -0.25) is 0 Å². The van der Waals surface area contributed by atoms with Gasteiger partial charge in [-0.25, -0.2) is 0 Å². The predicted octanol–water partition coefficient (Wildman–Crippen LogP) is 5.31. The van der Waals surface area contributed by atoms with Gasteiger partial charge in [-0.1, -0.05) is 29.8 Å². The molecule has 1 N–H and O–H groups in total. The zero-order valence-electron chi connectivity index (χ0n) is 16.1. The normalized spacial score (nSPS) is 12.3. The number of benzene rings is 3. The fourth-order valence-corrected chi connectivity index (χ4v) is 3.30. The summed E-state index contributed by atoms with van der Waals surface area (Å²) in [6.45, 7) is 2.23. The van der Waals surface area contributed by atoms with E-state index in [1.54, 1.807) is 7.11 Å². The first-order chi connectivity index (χ1) is 14.2. The van der Waals surface area contributed by atoms with Crippen LogP contribution in [0.4, 0.5) is 5.69 Å². The van der Waals surface area contributed by atoms with E-state index in [4.69, 9.17) is 30.5 Å². The Kier molecular flexibility index (Phi) is 5.96. The van der Waals surface area contributed by atoms with Crippen molar-refractivity contribution in [2.24, 2.45) is 0 Å². The third-order valence-electron chi connectivity index (χ3n) is 4.55. The van der Waals surface area contributed by atoms with Gasteiger partial charge >= 0.3 is 0 Å². The molecule has 6 heteroatoms. The summed E-state index contributed by atoms with van der Waals surface area (Å²) in [5, 5.41) is 4.09. The van der Waals surface area contributed by atoms with Gasteiger partial charge in [0.2, 0.25) is 0 Å². The molecule has 3 aromatic rings. The minimum Gasteiger partial charge on any atom is -0.493 e. The van der Waals surface area contributed by atoms with Crippen molar-refractivity contribution in [3.8, 4) is 23.0 Å². The highest BCUT2D eigenvalue weighted by molar-refractivity contribution is 6.30. The molecule has 0 fully saturated rings. The zero-order valence-corrected chi connectivity index (χ0v) is 16.9. The van der Waals surface area contributed by atoms with Crippen molar-refractivity contribution >= 4 is 17.3 Å². The third kappa shape index (κ3) is 4.87. The van der Waals surface area contributed by atoms with Gasteiger partial charge in [0.25, 0.3) is 0 Å². The zero-order chi connectivity index (χ0) is 20.1. The lowest BCUT2D eigenvalue weighted by atomic mass is 10.2.